The van der Waals surface area contributed by atoms with E-state index >= 15 is 0 Å². The highest BCUT2D eigenvalue weighted by atomic mass is 16.2. The standard InChI is InChI=1S/C13H20O2/c1-12(2,3)10(14)9-7-6-8-13(4,5)11(9)15/h7H,6,8H2,1-5H3. The third-order valence-corrected chi connectivity index (χ3v) is 2.90. The van der Waals surface area contributed by atoms with Crippen LogP contribution < -0.4 is 0 Å². The Balaban J connectivity index is 3.03. The summed E-state index contributed by atoms with van der Waals surface area (Å²) in [7, 11) is 0. The Kier molecular flexibility index (Phi) is 2.90. The third-order valence-electron chi connectivity index (χ3n) is 2.90. The number of ketones is 2. The summed E-state index contributed by atoms with van der Waals surface area (Å²) in [5, 5.41) is 0. The Morgan fingerprint density at radius 1 is 1.33 bits per heavy atom. The first-order valence-corrected chi connectivity index (χ1v) is 5.46. The molecule has 0 aromatic heterocycles. The van der Waals surface area contributed by atoms with E-state index < -0.39 is 5.41 Å². The Bertz CT molecular complexity index is 327. The summed E-state index contributed by atoms with van der Waals surface area (Å²) in [5.41, 5.74) is -0.418. The monoisotopic (exact) mass is 208 g/mol. The Labute approximate surface area is 91.7 Å². The number of hydrogen-bond acceptors (Lipinski definition) is 2. The maximum absolute atomic E-state index is 12.0. The molecule has 0 aliphatic heterocycles. The zero-order valence-corrected chi connectivity index (χ0v) is 10.3. The molecule has 0 amide bonds. The molecule has 0 bridgehead atoms. The number of rotatable bonds is 1. The molecular formula is C13H20O2. The summed E-state index contributed by atoms with van der Waals surface area (Å²) in [6.07, 6.45) is 3.48. The van der Waals surface area contributed by atoms with Crippen molar-refractivity contribution in [3.63, 3.8) is 0 Å². The fourth-order valence-corrected chi connectivity index (χ4v) is 1.75. The largest absolute Gasteiger partial charge is 0.293 e. The molecule has 2 heteroatoms. The van der Waals surface area contributed by atoms with Gasteiger partial charge in [0.2, 0.25) is 0 Å². The van der Waals surface area contributed by atoms with Gasteiger partial charge in [-0.25, -0.2) is 0 Å². The van der Waals surface area contributed by atoms with Crippen LogP contribution >= 0.6 is 0 Å². The molecule has 2 nitrogen and oxygen atoms in total. The molecular weight excluding hydrogens is 188 g/mol. The molecule has 84 valence electrons. The quantitative estimate of drug-likeness (QED) is 0.621. The predicted octanol–water partition coefficient (Wildman–Crippen LogP) is 2.92. The van der Waals surface area contributed by atoms with Crippen LogP contribution in [0.25, 0.3) is 0 Å². The van der Waals surface area contributed by atoms with Crippen molar-refractivity contribution in [3.8, 4) is 0 Å². The van der Waals surface area contributed by atoms with Crippen molar-refractivity contribution in [2.24, 2.45) is 10.8 Å². The SMILES string of the molecule is CC(C)(C)C(=O)C1=CCCC(C)(C)C1=O. The van der Waals surface area contributed by atoms with E-state index in [2.05, 4.69) is 0 Å². The number of allylic oxidation sites excluding steroid dienone is 2. The first-order valence-electron chi connectivity index (χ1n) is 5.46. The van der Waals surface area contributed by atoms with Gasteiger partial charge in [-0.05, 0) is 12.8 Å². The molecule has 0 radical (unpaired) electrons. The third kappa shape index (κ3) is 2.36. The minimum Gasteiger partial charge on any atom is -0.293 e. The lowest BCUT2D eigenvalue weighted by atomic mass is 9.72. The highest BCUT2D eigenvalue weighted by Gasteiger charge is 2.38. The lowest BCUT2D eigenvalue weighted by Crippen LogP contribution is -2.35. The number of Topliss-reactive ketones (excluding diaryl/α,β-unsaturated/α-hetero) is 2. The van der Waals surface area contributed by atoms with Crippen molar-refractivity contribution in [3.05, 3.63) is 11.6 Å². The number of carbonyl (C=O) groups excluding carboxylic acids is 2. The summed E-state index contributed by atoms with van der Waals surface area (Å²) in [5.74, 6) is -0.0195. The van der Waals surface area contributed by atoms with Crippen molar-refractivity contribution in [1.82, 2.24) is 0 Å². The highest BCUT2D eigenvalue weighted by molar-refractivity contribution is 6.23. The van der Waals surface area contributed by atoms with E-state index in [0.29, 0.717) is 5.57 Å². The van der Waals surface area contributed by atoms with Crippen LogP contribution in [0.15, 0.2) is 11.6 Å². The normalized spacial score (nSPS) is 21.1. The van der Waals surface area contributed by atoms with E-state index in [1.807, 2.05) is 34.6 Å². The fourth-order valence-electron chi connectivity index (χ4n) is 1.75. The highest BCUT2D eigenvalue weighted by Crippen LogP contribution is 2.34. The second-order valence-electron chi connectivity index (χ2n) is 5.95. The van der Waals surface area contributed by atoms with Crippen LogP contribution in [0.3, 0.4) is 0 Å². The molecule has 0 atom stereocenters. The predicted molar refractivity (Wildman–Crippen MR) is 60.6 cm³/mol. The van der Waals surface area contributed by atoms with E-state index in [1.54, 1.807) is 6.08 Å². The van der Waals surface area contributed by atoms with E-state index in [0.717, 1.165) is 12.8 Å². The van der Waals surface area contributed by atoms with Gasteiger partial charge in [0.25, 0.3) is 0 Å². The average molecular weight is 208 g/mol. The first-order chi connectivity index (χ1) is 6.66. The molecule has 0 N–H and O–H groups in total. The van der Waals surface area contributed by atoms with Crippen molar-refractivity contribution < 1.29 is 9.59 Å². The summed E-state index contributed by atoms with van der Waals surface area (Å²) in [4.78, 5) is 24.1. The molecule has 1 rings (SSSR count). The van der Waals surface area contributed by atoms with Gasteiger partial charge < -0.3 is 0 Å². The molecule has 0 heterocycles. The van der Waals surface area contributed by atoms with E-state index in [1.165, 1.54) is 0 Å². The molecule has 1 aliphatic carbocycles. The molecule has 0 unspecified atom stereocenters. The molecule has 1 aliphatic rings. The molecule has 0 saturated heterocycles. The molecule has 15 heavy (non-hydrogen) atoms. The van der Waals surface area contributed by atoms with Crippen molar-refractivity contribution in [2.45, 2.75) is 47.5 Å². The average Bonchev–Trinajstić information content (AvgIpc) is 2.07. The van der Waals surface area contributed by atoms with Crippen LogP contribution in [0.2, 0.25) is 0 Å². The van der Waals surface area contributed by atoms with Gasteiger partial charge in [0.1, 0.15) is 0 Å². The van der Waals surface area contributed by atoms with Crippen molar-refractivity contribution in [2.75, 3.05) is 0 Å². The minimum atomic E-state index is -0.463. The Hall–Kier alpha value is -0.920. The van der Waals surface area contributed by atoms with Gasteiger partial charge in [-0.1, -0.05) is 40.7 Å². The maximum atomic E-state index is 12.0. The van der Waals surface area contributed by atoms with Crippen LogP contribution in [0, 0.1) is 10.8 Å². The van der Waals surface area contributed by atoms with Crippen LogP contribution in [0.5, 0.6) is 0 Å². The van der Waals surface area contributed by atoms with Crippen LogP contribution in [0.1, 0.15) is 47.5 Å². The smallest absolute Gasteiger partial charge is 0.171 e. The van der Waals surface area contributed by atoms with Gasteiger partial charge in [-0.2, -0.15) is 0 Å². The topological polar surface area (TPSA) is 34.1 Å². The molecule has 0 saturated carbocycles. The van der Waals surface area contributed by atoms with Gasteiger partial charge in [0.15, 0.2) is 11.6 Å². The summed E-state index contributed by atoms with van der Waals surface area (Å²) in [6.45, 7) is 9.39. The molecule has 0 aromatic rings. The number of hydrogen-bond donors (Lipinski definition) is 0. The summed E-state index contributed by atoms with van der Waals surface area (Å²) < 4.78 is 0. The Morgan fingerprint density at radius 3 is 2.33 bits per heavy atom. The van der Waals surface area contributed by atoms with Crippen molar-refractivity contribution >= 4 is 11.6 Å². The van der Waals surface area contributed by atoms with Crippen LogP contribution in [-0.2, 0) is 9.59 Å². The zero-order chi connectivity index (χ0) is 11.9. The first kappa shape index (κ1) is 12.2. The van der Waals surface area contributed by atoms with Gasteiger partial charge in [-0.15, -0.1) is 0 Å². The van der Waals surface area contributed by atoms with E-state index in [-0.39, 0.29) is 17.0 Å². The van der Waals surface area contributed by atoms with E-state index in [4.69, 9.17) is 0 Å². The van der Waals surface area contributed by atoms with Gasteiger partial charge in [0, 0.05) is 10.8 Å². The van der Waals surface area contributed by atoms with Crippen LogP contribution in [-0.4, -0.2) is 11.6 Å². The van der Waals surface area contributed by atoms with Gasteiger partial charge in [-0.3, -0.25) is 9.59 Å². The second-order valence-corrected chi connectivity index (χ2v) is 5.95. The molecule has 0 spiro atoms. The molecule has 0 aromatic carbocycles. The zero-order valence-electron chi connectivity index (χ0n) is 10.3. The lowest BCUT2D eigenvalue weighted by Gasteiger charge is -2.29. The lowest BCUT2D eigenvalue weighted by molar-refractivity contribution is -0.130. The van der Waals surface area contributed by atoms with E-state index in [9.17, 15) is 9.59 Å². The molecule has 0 fully saturated rings. The number of carbonyl (C=O) groups is 2. The minimum absolute atomic E-state index is 0.00803. The fraction of sp³-hybridized carbons (Fsp3) is 0.692. The van der Waals surface area contributed by atoms with Gasteiger partial charge >= 0.3 is 0 Å². The summed E-state index contributed by atoms with van der Waals surface area (Å²) >= 11 is 0. The van der Waals surface area contributed by atoms with Crippen LogP contribution in [0.4, 0.5) is 0 Å². The maximum Gasteiger partial charge on any atom is 0.171 e. The van der Waals surface area contributed by atoms with Gasteiger partial charge in [0.05, 0.1) is 5.57 Å². The summed E-state index contributed by atoms with van der Waals surface area (Å²) in [6, 6.07) is 0. The Morgan fingerprint density at radius 2 is 1.87 bits per heavy atom. The van der Waals surface area contributed by atoms with Crippen molar-refractivity contribution in [1.29, 1.82) is 0 Å². The second kappa shape index (κ2) is 3.58.